The maximum Gasteiger partial charge on any atom is 0.445 e. The van der Waals surface area contributed by atoms with Gasteiger partial charge >= 0.3 is 18.0 Å². The van der Waals surface area contributed by atoms with Gasteiger partial charge in [-0.25, -0.2) is 14.4 Å². The Labute approximate surface area is 118 Å². The number of carbonyl (C=O) groups excluding carboxylic acids is 2. The molecule has 1 amide bonds. The van der Waals surface area contributed by atoms with E-state index in [2.05, 4.69) is 10.1 Å². The van der Waals surface area contributed by atoms with E-state index < -0.39 is 31.6 Å². The molecule has 0 spiro atoms. The quantitative estimate of drug-likeness (QED) is 0.420. The fraction of sp³-hybridized carbons (Fsp3) is 0.583. The van der Waals surface area contributed by atoms with Crippen LogP contribution in [0.3, 0.4) is 0 Å². The molecule has 0 aromatic heterocycles. The monoisotopic (exact) mass is 306 g/mol. The number of ether oxygens (including phenoxy) is 1. The van der Waals surface area contributed by atoms with Crippen molar-refractivity contribution in [2.24, 2.45) is 0 Å². The zero-order chi connectivity index (χ0) is 15.8. The van der Waals surface area contributed by atoms with E-state index >= 15 is 0 Å². The minimum Gasteiger partial charge on any atom is -0.480 e. The van der Waals surface area contributed by atoms with Crippen molar-refractivity contribution in [3.05, 3.63) is 12.2 Å². The van der Waals surface area contributed by atoms with Crippen molar-refractivity contribution in [2.45, 2.75) is 18.9 Å². The lowest BCUT2D eigenvalue weighted by Gasteiger charge is -2.15. The van der Waals surface area contributed by atoms with Crippen molar-refractivity contribution in [1.29, 1.82) is 0 Å². The minimum absolute atomic E-state index is 0.153. The van der Waals surface area contributed by atoms with Gasteiger partial charge in [-0.2, -0.15) is 0 Å². The Morgan fingerprint density at radius 1 is 1.30 bits per heavy atom. The van der Waals surface area contributed by atoms with Crippen molar-refractivity contribution in [3.63, 3.8) is 0 Å². The SMILES string of the molecule is COC(=O)/C=C/CC[C@H](NC(=O)O[P+](C)(C)C)C(=O)O. The molecular weight excluding hydrogens is 285 g/mol. The summed E-state index contributed by atoms with van der Waals surface area (Å²) in [7, 11) is -0.537. The first-order chi connectivity index (χ1) is 9.15. The average molecular weight is 306 g/mol. The van der Waals surface area contributed by atoms with E-state index in [1.165, 1.54) is 19.3 Å². The molecule has 1 atom stereocenters. The van der Waals surface area contributed by atoms with Crippen molar-refractivity contribution in [3.8, 4) is 0 Å². The summed E-state index contributed by atoms with van der Waals surface area (Å²) in [5.41, 5.74) is 0. The number of carbonyl (C=O) groups is 3. The molecule has 0 aromatic carbocycles. The second-order valence-corrected chi connectivity index (χ2v) is 8.77. The summed E-state index contributed by atoms with van der Waals surface area (Å²) < 4.78 is 9.48. The number of hydrogen-bond acceptors (Lipinski definition) is 5. The van der Waals surface area contributed by atoms with E-state index in [4.69, 9.17) is 9.63 Å². The molecule has 0 fully saturated rings. The molecule has 0 saturated heterocycles. The largest absolute Gasteiger partial charge is 0.480 e. The lowest BCUT2D eigenvalue weighted by molar-refractivity contribution is -0.139. The van der Waals surface area contributed by atoms with Crippen LogP contribution in [0.2, 0.25) is 0 Å². The van der Waals surface area contributed by atoms with E-state index in [9.17, 15) is 14.4 Å². The van der Waals surface area contributed by atoms with Gasteiger partial charge in [-0.15, -0.1) is 0 Å². The van der Waals surface area contributed by atoms with Crippen LogP contribution in [0.5, 0.6) is 0 Å². The molecule has 0 heterocycles. The molecule has 8 heteroatoms. The molecule has 20 heavy (non-hydrogen) atoms. The van der Waals surface area contributed by atoms with Crippen LogP contribution in [0.25, 0.3) is 0 Å². The predicted molar refractivity (Wildman–Crippen MR) is 76.1 cm³/mol. The van der Waals surface area contributed by atoms with Crippen LogP contribution in [0.4, 0.5) is 4.79 Å². The third-order valence-corrected chi connectivity index (χ3v) is 2.74. The maximum atomic E-state index is 11.5. The van der Waals surface area contributed by atoms with Gasteiger partial charge in [0.1, 0.15) is 6.04 Å². The van der Waals surface area contributed by atoms with E-state index in [0.29, 0.717) is 6.42 Å². The van der Waals surface area contributed by atoms with Gasteiger partial charge in [0.05, 0.1) is 27.1 Å². The molecule has 0 bridgehead atoms. The number of allylic oxidation sites excluding steroid dienone is 1. The molecule has 0 rings (SSSR count). The van der Waals surface area contributed by atoms with Crippen LogP contribution in [-0.2, 0) is 18.8 Å². The molecule has 114 valence electrons. The number of carboxylic acid groups (broad SMARTS) is 1. The van der Waals surface area contributed by atoms with Crippen molar-refractivity contribution in [2.75, 3.05) is 27.1 Å². The molecule has 0 aliphatic rings. The number of aliphatic carboxylic acids is 1. The third kappa shape index (κ3) is 9.33. The number of nitrogens with one attached hydrogen (secondary N) is 1. The van der Waals surface area contributed by atoms with E-state index in [-0.39, 0.29) is 6.42 Å². The molecule has 7 nitrogen and oxygen atoms in total. The second-order valence-electron chi connectivity index (χ2n) is 4.81. The third-order valence-electron chi connectivity index (χ3n) is 2.02. The van der Waals surface area contributed by atoms with Gasteiger partial charge in [0.2, 0.25) is 0 Å². The topological polar surface area (TPSA) is 102 Å². The molecule has 0 aliphatic heterocycles. The highest BCUT2D eigenvalue weighted by Gasteiger charge is 2.27. The van der Waals surface area contributed by atoms with Gasteiger partial charge in [-0.05, 0) is 12.8 Å². The Morgan fingerprint density at radius 2 is 1.90 bits per heavy atom. The Balaban J connectivity index is 4.31. The maximum absolute atomic E-state index is 11.5. The Kier molecular flexibility index (Phi) is 7.84. The summed E-state index contributed by atoms with van der Waals surface area (Å²) in [6.07, 6.45) is 2.43. The number of methoxy groups -OCH3 is 1. The predicted octanol–water partition coefficient (Wildman–Crippen LogP) is 1.50. The number of hydrogen-bond donors (Lipinski definition) is 2. The zero-order valence-electron chi connectivity index (χ0n) is 12.1. The van der Waals surface area contributed by atoms with E-state index in [0.717, 1.165) is 0 Å². The number of carboxylic acids is 1. The normalized spacial score (nSPS) is 12.8. The first kappa shape index (κ1) is 18.4. The van der Waals surface area contributed by atoms with E-state index in [1.807, 2.05) is 0 Å². The van der Waals surface area contributed by atoms with Gasteiger partial charge in [-0.1, -0.05) is 6.08 Å². The summed E-state index contributed by atoms with van der Waals surface area (Å²) in [4.78, 5) is 33.3. The minimum atomic E-state index is -1.79. The van der Waals surface area contributed by atoms with Gasteiger partial charge in [0, 0.05) is 6.08 Å². The van der Waals surface area contributed by atoms with E-state index in [1.54, 1.807) is 20.0 Å². The lowest BCUT2D eigenvalue weighted by atomic mass is 10.1. The highest BCUT2D eigenvalue weighted by molar-refractivity contribution is 7.69. The first-order valence-corrected chi connectivity index (χ1v) is 8.99. The van der Waals surface area contributed by atoms with Crippen LogP contribution < -0.4 is 5.32 Å². The van der Waals surface area contributed by atoms with Gasteiger partial charge < -0.3 is 15.2 Å². The molecule has 0 radical (unpaired) electrons. The Morgan fingerprint density at radius 3 is 2.35 bits per heavy atom. The molecule has 0 aromatic rings. The fourth-order valence-electron chi connectivity index (χ4n) is 1.19. The molecule has 0 unspecified atom stereocenters. The average Bonchev–Trinajstić information content (AvgIpc) is 2.29. The first-order valence-electron chi connectivity index (χ1n) is 5.94. The van der Waals surface area contributed by atoms with Crippen molar-refractivity contribution in [1.82, 2.24) is 5.32 Å². The van der Waals surface area contributed by atoms with Gasteiger partial charge in [0.15, 0.2) is 7.49 Å². The summed E-state index contributed by atoms with van der Waals surface area (Å²) in [5, 5.41) is 11.3. The van der Waals surface area contributed by atoms with Gasteiger partial charge in [0.25, 0.3) is 0 Å². The molecule has 2 N–H and O–H groups in total. The zero-order valence-corrected chi connectivity index (χ0v) is 13.0. The highest BCUT2D eigenvalue weighted by atomic mass is 31.2. The fourth-order valence-corrected chi connectivity index (χ4v) is 1.74. The Bertz CT molecular complexity index is 388. The summed E-state index contributed by atoms with van der Waals surface area (Å²) >= 11 is 0. The van der Waals surface area contributed by atoms with Crippen LogP contribution in [0.1, 0.15) is 12.8 Å². The number of amides is 1. The summed E-state index contributed by atoms with van der Waals surface area (Å²) in [6, 6.07) is -1.06. The molecular formula is C12H21NO6P+. The standard InChI is InChI=1S/C12H20NO6P/c1-18-10(14)8-6-5-7-9(11(15)16)13-12(17)19-20(2,3)4/h6,8-9H,5,7H2,1-4H3,(H-,13,15,16,17)/p+1/b8-6+/t9-/m0/s1. The smallest absolute Gasteiger partial charge is 0.445 e. The van der Waals surface area contributed by atoms with Crippen LogP contribution in [0.15, 0.2) is 12.2 Å². The van der Waals surface area contributed by atoms with Crippen molar-refractivity contribution < 1.29 is 28.8 Å². The molecule has 0 aliphatic carbocycles. The van der Waals surface area contributed by atoms with Crippen LogP contribution in [0, 0.1) is 0 Å². The van der Waals surface area contributed by atoms with Crippen LogP contribution >= 0.6 is 7.49 Å². The lowest BCUT2D eigenvalue weighted by Crippen LogP contribution is -2.40. The highest BCUT2D eigenvalue weighted by Crippen LogP contribution is 2.47. The van der Waals surface area contributed by atoms with Gasteiger partial charge in [-0.3, -0.25) is 4.52 Å². The number of rotatable bonds is 7. The molecule has 0 saturated carbocycles. The summed E-state index contributed by atoms with van der Waals surface area (Å²) in [5.74, 6) is -1.66. The summed E-state index contributed by atoms with van der Waals surface area (Å²) in [6.45, 7) is 5.38. The second kappa shape index (κ2) is 8.53. The Hall–Kier alpha value is -1.62. The van der Waals surface area contributed by atoms with Crippen LogP contribution in [-0.4, -0.2) is 56.3 Å². The number of esters is 1. The van der Waals surface area contributed by atoms with Crippen molar-refractivity contribution >= 4 is 25.5 Å².